The Hall–Kier alpha value is -3.15. The van der Waals surface area contributed by atoms with Crippen molar-refractivity contribution >= 4 is 16.7 Å². The lowest BCUT2D eigenvalue weighted by Gasteiger charge is -2.13. The van der Waals surface area contributed by atoms with Gasteiger partial charge in [0.05, 0.1) is 24.9 Å². The van der Waals surface area contributed by atoms with Gasteiger partial charge < -0.3 is 4.74 Å². The molecule has 0 bridgehead atoms. The van der Waals surface area contributed by atoms with Crippen LogP contribution in [0.5, 0.6) is 5.88 Å². The van der Waals surface area contributed by atoms with Gasteiger partial charge in [0.25, 0.3) is 5.56 Å². The number of hydrogen-bond acceptors (Lipinski definition) is 4. The Bertz CT molecular complexity index is 1160. The van der Waals surface area contributed by atoms with Crippen LogP contribution in [-0.4, -0.2) is 26.0 Å². The molecule has 0 saturated carbocycles. The molecule has 3 heterocycles. The molecule has 0 fully saturated rings. The highest BCUT2D eigenvalue weighted by atomic mass is 16.5. The van der Waals surface area contributed by atoms with Crippen LogP contribution in [-0.2, 0) is 13.0 Å². The van der Waals surface area contributed by atoms with Crippen LogP contribution in [0.1, 0.15) is 24.0 Å². The van der Waals surface area contributed by atoms with E-state index in [4.69, 9.17) is 4.74 Å². The zero-order chi connectivity index (χ0) is 18.3. The molecular weight excluding hydrogens is 328 g/mol. The van der Waals surface area contributed by atoms with Crippen LogP contribution in [0, 0.1) is 6.92 Å². The van der Waals surface area contributed by atoms with Crippen LogP contribution in [0.2, 0.25) is 0 Å². The Morgan fingerprint density at radius 3 is 2.54 bits per heavy atom. The second-order valence-electron chi connectivity index (χ2n) is 6.22. The van der Waals surface area contributed by atoms with Crippen molar-refractivity contribution in [2.45, 2.75) is 26.8 Å². The molecule has 0 N–H and O–H groups in total. The molecular formula is C20H20N4O2. The standard InChI is InChI=1S/C20H20N4O2/c1-4-16-21-13(2)18-20(25)23(12-14-8-6-5-7-9-14)15-10-11-17(26-3)22-19(15)24(16)18/h5-11H,4,12H2,1-3H3. The SMILES string of the molecule is CCc1nc(C)c2c(=O)n(Cc3ccccc3)c3ccc(OC)nc3n12. The number of rotatable bonds is 4. The molecule has 3 aromatic heterocycles. The number of imidazole rings is 1. The fourth-order valence-electron chi connectivity index (χ4n) is 3.38. The zero-order valence-electron chi connectivity index (χ0n) is 15.1. The van der Waals surface area contributed by atoms with Gasteiger partial charge in [0.15, 0.2) is 5.65 Å². The van der Waals surface area contributed by atoms with Crippen molar-refractivity contribution in [2.75, 3.05) is 7.11 Å². The number of fused-ring (bicyclic) bond motifs is 3. The van der Waals surface area contributed by atoms with Crippen molar-refractivity contribution in [2.24, 2.45) is 0 Å². The molecule has 0 saturated heterocycles. The summed E-state index contributed by atoms with van der Waals surface area (Å²) in [6.45, 7) is 4.37. The van der Waals surface area contributed by atoms with Gasteiger partial charge in [-0.25, -0.2) is 4.98 Å². The van der Waals surface area contributed by atoms with Gasteiger partial charge in [0.2, 0.25) is 5.88 Å². The number of hydrogen-bond donors (Lipinski definition) is 0. The molecule has 0 aliphatic carbocycles. The van der Waals surface area contributed by atoms with Crippen LogP contribution in [0.25, 0.3) is 16.7 Å². The van der Waals surface area contributed by atoms with E-state index in [9.17, 15) is 4.79 Å². The predicted molar refractivity (Wildman–Crippen MR) is 101 cm³/mol. The van der Waals surface area contributed by atoms with E-state index in [1.54, 1.807) is 17.7 Å². The molecule has 6 heteroatoms. The van der Waals surface area contributed by atoms with E-state index in [0.29, 0.717) is 30.0 Å². The van der Waals surface area contributed by atoms with E-state index in [1.807, 2.05) is 54.6 Å². The van der Waals surface area contributed by atoms with Gasteiger partial charge in [-0.2, -0.15) is 4.98 Å². The summed E-state index contributed by atoms with van der Waals surface area (Å²) >= 11 is 0. The van der Waals surface area contributed by atoms with Crippen LogP contribution >= 0.6 is 0 Å². The molecule has 0 radical (unpaired) electrons. The molecule has 0 aliphatic heterocycles. The van der Waals surface area contributed by atoms with Crippen molar-refractivity contribution in [3.8, 4) is 5.88 Å². The normalized spacial score (nSPS) is 11.3. The van der Waals surface area contributed by atoms with Gasteiger partial charge in [0.1, 0.15) is 11.3 Å². The first-order chi connectivity index (χ1) is 12.6. The molecule has 132 valence electrons. The topological polar surface area (TPSA) is 61.4 Å². The zero-order valence-corrected chi connectivity index (χ0v) is 15.1. The molecule has 0 unspecified atom stereocenters. The molecule has 4 aromatic rings. The number of aryl methyl sites for hydroxylation is 2. The fraction of sp³-hybridized carbons (Fsp3) is 0.250. The number of pyridine rings is 1. The third kappa shape index (κ3) is 2.45. The molecule has 1 aromatic carbocycles. The summed E-state index contributed by atoms with van der Waals surface area (Å²) in [7, 11) is 1.59. The summed E-state index contributed by atoms with van der Waals surface area (Å²) in [5, 5.41) is 0. The first-order valence-corrected chi connectivity index (χ1v) is 8.63. The molecule has 0 spiro atoms. The molecule has 0 amide bonds. The molecule has 0 atom stereocenters. The van der Waals surface area contributed by atoms with Crippen molar-refractivity contribution in [1.29, 1.82) is 0 Å². The maximum Gasteiger partial charge on any atom is 0.277 e. The average molecular weight is 348 g/mol. The number of ether oxygens (including phenoxy) is 1. The number of aromatic nitrogens is 4. The third-order valence-electron chi connectivity index (χ3n) is 4.61. The smallest absolute Gasteiger partial charge is 0.277 e. The average Bonchev–Trinajstić information content (AvgIpc) is 3.02. The van der Waals surface area contributed by atoms with E-state index in [-0.39, 0.29) is 5.56 Å². The highest BCUT2D eigenvalue weighted by Gasteiger charge is 2.18. The van der Waals surface area contributed by atoms with Crippen LogP contribution in [0.3, 0.4) is 0 Å². The largest absolute Gasteiger partial charge is 0.481 e. The number of benzene rings is 1. The lowest BCUT2D eigenvalue weighted by atomic mass is 10.2. The molecule has 26 heavy (non-hydrogen) atoms. The Balaban J connectivity index is 2.12. The Morgan fingerprint density at radius 1 is 1.08 bits per heavy atom. The summed E-state index contributed by atoms with van der Waals surface area (Å²) in [6.07, 6.45) is 0.713. The summed E-state index contributed by atoms with van der Waals surface area (Å²) in [5.41, 5.74) is 3.75. The summed E-state index contributed by atoms with van der Waals surface area (Å²) in [4.78, 5) is 22.5. The Labute approximate surface area is 150 Å². The fourth-order valence-corrected chi connectivity index (χ4v) is 3.38. The number of nitrogens with zero attached hydrogens (tertiary/aromatic N) is 4. The Morgan fingerprint density at radius 2 is 1.85 bits per heavy atom. The van der Waals surface area contributed by atoms with Gasteiger partial charge in [-0.05, 0) is 18.6 Å². The van der Waals surface area contributed by atoms with Crippen molar-refractivity contribution in [1.82, 2.24) is 18.9 Å². The Kier molecular flexibility index (Phi) is 3.95. The van der Waals surface area contributed by atoms with E-state index >= 15 is 0 Å². The van der Waals surface area contributed by atoms with Crippen molar-refractivity contribution < 1.29 is 4.74 Å². The third-order valence-corrected chi connectivity index (χ3v) is 4.61. The predicted octanol–water partition coefficient (Wildman–Crippen LogP) is 2.97. The minimum Gasteiger partial charge on any atom is -0.481 e. The van der Waals surface area contributed by atoms with Crippen LogP contribution in [0.4, 0.5) is 0 Å². The van der Waals surface area contributed by atoms with Gasteiger partial charge in [-0.1, -0.05) is 37.3 Å². The van der Waals surface area contributed by atoms with Gasteiger partial charge in [-0.15, -0.1) is 0 Å². The molecule has 4 rings (SSSR count). The second kappa shape index (κ2) is 6.29. The van der Waals surface area contributed by atoms with E-state index < -0.39 is 0 Å². The first kappa shape index (κ1) is 16.3. The van der Waals surface area contributed by atoms with Crippen LogP contribution in [0.15, 0.2) is 47.3 Å². The van der Waals surface area contributed by atoms with Crippen LogP contribution < -0.4 is 10.3 Å². The lowest BCUT2D eigenvalue weighted by Crippen LogP contribution is -2.24. The quantitative estimate of drug-likeness (QED) is 0.569. The second-order valence-corrected chi connectivity index (χ2v) is 6.22. The minimum atomic E-state index is -0.0574. The summed E-state index contributed by atoms with van der Waals surface area (Å²) < 4.78 is 8.94. The van der Waals surface area contributed by atoms with Crippen molar-refractivity contribution in [3.63, 3.8) is 0 Å². The van der Waals surface area contributed by atoms with E-state index in [1.165, 1.54) is 0 Å². The maximum absolute atomic E-state index is 13.3. The molecule has 6 nitrogen and oxygen atoms in total. The maximum atomic E-state index is 13.3. The highest BCUT2D eigenvalue weighted by Crippen LogP contribution is 2.21. The summed E-state index contributed by atoms with van der Waals surface area (Å²) in [6, 6.07) is 13.6. The first-order valence-electron chi connectivity index (χ1n) is 8.63. The molecule has 0 aliphatic rings. The highest BCUT2D eigenvalue weighted by molar-refractivity contribution is 5.77. The van der Waals surface area contributed by atoms with Gasteiger partial charge in [0, 0.05) is 12.5 Å². The lowest BCUT2D eigenvalue weighted by molar-refractivity contribution is 0.399. The van der Waals surface area contributed by atoms with Gasteiger partial charge >= 0.3 is 0 Å². The minimum absolute atomic E-state index is 0.0574. The number of methoxy groups -OCH3 is 1. The van der Waals surface area contributed by atoms with E-state index in [0.717, 1.165) is 22.6 Å². The summed E-state index contributed by atoms with van der Waals surface area (Å²) in [5.74, 6) is 1.34. The van der Waals surface area contributed by atoms with Crippen molar-refractivity contribution in [3.05, 3.63) is 69.9 Å². The van der Waals surface area contributed by atoms with E-state index in [2.05, 4.69) is 9.97 Å². The monoisotopic (exact) mass is 348 g/mol. The van der Waals surface area contributed by atoms with Gasteiger partial charge in [-0.3, -0.25) is 13.8 Å².